The number of esters is 1. The molecule has 0 fully saturated rings. The molecule has 0 spiro atoms. The van der Waals surface area contributed by atoms with Crippen LogP contribution in [0.1, 0.15) is 24.6 Å². The first kappa shape index (κ1) is 12.3. The fourth-order valence-corrected chi connectivity index (χ4v) is 1.85. The minimum Gasteiger partial charge on any atom is -0.466 e. The highest BCUT2D eigenvalue weighted by Gasteiger charge is 2.12. The molecule has 2 rings (SSSR count). The zero-order valence-electron chi connectivity index (χ0n) is 10.4. The van der Waals surface area contributed by atoms with E-state index in [1.807, 2.05) is 0 Å². The highest BCUT2D eigenvalue weighted by Crippen LogP contribution is 2.06. The lowest BCUT2D eigenvalue weighted by molar-refractivity contribution is -0.143. The molecule has 0 radical (unpaired) electrons. The number of H-pyrrole nitrogens is 1. The lowest BCUT2D eigenvalue weighted by Crippen LogP contribution is -2.22. The Morgan fingerprint density at radius 3 is 3.06 bits per heavy atom. The van der Waals surface area contributed by atoms with Crippen LogP contribution < -0.4 is 5.56 Å². The van der Waals surface area contributed by atoms with Crippen molar-refractivity contribution in [3.63, 3.8) is 0 Å². The molecule has 0 amide bonds. The van der Waals surface area contributed by atoms with Gasteiger partial charge < -0.3 is 4.74 Å². The van der Waals surface area contributed by atoms with E-state index in [9.17, 15) is 9.59 Å². The highest BCUT2D eigenvalue weighted by atomic mass is 16.5. The number of fused-ring (bicyclic) bond motifs is 1. The van der Waals surface area contributed by atoms with E-state index >= 15 is 0 Å². The van der Waals surface area contributed by atoms with Gasteiger partial charge in [-0.25, -0.2) is 9.50 Å². The van der Waals surface area contributed by atoms with E-state index in [1.165, 1.54) is 4.52 Å². The SMILES string of the molecule is CCOC(=O)CCc1c(C)nc2cc[nH]n2c1=O. The van der Waals surface area contributed by atoms with Gasteiger partial charge in [0, 0.05) is 29.9 Å². The number of hydrogen-bond acceptors (Lipinski definition) is 4. The lowest BCUT2D eigenvalue weighted by atomic mass is 10.1. The molecule has 0 unspecified atom stereocenters. The number of nitrogens with one attached hydrogen (secondary N) is 1. The molecule has 0 aromatic carbocycles. The van der Waals surface area contributed by atoms with Crippen molar-refractivity contribution in [1.29, 1.82) is 0 Å². The first-order valence-electron chi connectivity index (χ1n) is 5.84. The molecule has 0 aliphatic carbocycles. The first-order valence-corrected chi connectivity index (χ1v) is 5.84. The maximum atomic E-state index is 12.1. The maximum absolute atomic E-state index is 12.1. The molecule has 96 valence electrons. The molecular weight excluding hydrogens is 234 g/mol. The summed E-state index contributed by atoms with van der Waals surface area (Å²) in [6.45, 7) is 3.88. The quantitative estimate of drug-likeness (QED) is 0.814. The zero-order chi connectivity index (χ0) is 13.1. The fourth-order valence-electron chi connectivity index (χ4n) is 1.85. The van der Waals surface area contributed by atoms with Gasteiger partial charge >= 0.3 is 5.97 Å². The summed E-state index contributed by atoms with van der Waals surface area (Å²) in [4.78, 5) is 27.7. The Bertz CT molecular complexity index is 627. The van der Waals surface area contributed by atoms with Gasteiger partial charge in [0.2, 0.25) is 0 Å². The van der Waals surface area contributed by atoms with Gasteiger partial charge in [-0.3, -0.25) is 14.7 Å². The van der Waals surface area contributed by atoms with E-state index in [0.29, 0.717) is 29.9 Å². The van der Waals surface area contributed by atoms with Crippen LogP contribution in [-0.4, -0.2) is 27.2 Å². The summed E-state index contributed by atoms with van der Waals surface area (Å²) in [7, 11) is 0. The summed E-state index contributed by atoms with van der Waals surface area (Å²) in [5.74, 6) is -0.298. The normalized spacial score (nSPS) is 10.8. The molecule has 0 aliphatic heterocycles. The molecule has 2 heterocycles. The summed E-state index contributed by atoms with van der Waals surface area (Å²) >= 11 is 0. The van der Waals surface area contributed by atoms with E-state index in [4.69, 9.17) is 4.74 Å². The van der Waals surface area contributed by atoms with Crippen LogP contribution in [0.15, 0.2) is 17.1 Å². The number of nitrogens with zero attached hydrogens (tertiary/aromatic N) is 2. The number of ether oxygens (including phenoxy) is 1. The second-order valence-corrected chi connectivity index (χ2v) is 3.94. The summed E-state index contributed by atoms with van der Waals surface area (Å²) < 4.78 is 6.21. The topological polar surface area (TPSA) is 76.5 Å². The van der Waals surface area contributed by atoms with Crippen LogP contribution in [-0.2, 0) is 16.0 Å². The molecule has 0 saturated carbocycles. The first-order chi connectivity index (χ1) is 8.63. The number of rotatable bonds is 4. The van der Waals surface area contributed by atoms with Crippen molar-refractivity contribution in [3.05, 3.63) is 33.9 Å². The Morgan fingerprint density at radius 1 is 1.56 bits per heavy atom. The van der Waals surface area contributed by atoms with E-state index in [2.05, 4.69) is 10.1 Å². The number of aryl methyl sites for hydroxylation is 1. The number of carbonyl (C=O) groups excluding carboxylic acids is 1. The van der Waals surface area contributed by atoms with E-state index in [-0.39, 0.29) is 17.9 Å². The predicted octanol–water partition coefficient (Wildman–Crippen LogP) is 0.827. The van der Waals surface area contributed by atoms with Crippen LogP contribution in [0.2, 0.25) is 0 Å². The Morgan fingerprint density at radius 2 is 2.33 bits per heavy atom. The summed E-state index contributed by atoms with van der Waals surface area (Å²) in [5, 5.41) is 2.79. The van der Waals surface area contributed by atoms with E-state index < -0.39 is 0 Å². The zero-order valence-corrected chi connectivity index (χ0v) is 10.4. The fraction of sp³-hybridized carbons (Fsp3) is 0.417. The van der Waals surface area contributed by atoms with Gasteiger partial charge in [-0.2, -0.15) is 0 Å². The third-order valence-corrected chi connectivity index (χ3v) is 2.73. The van der Waals surface area contributed by atoms with Crippen molar-refractivity contribution in [2.45, 2.75) is 26.7 Å². The average molecular weight is 249 g/mol. The van der Waals surface area contributed by atoms with E-state index in [0.717, 1.165) is 0 Å². The van der Waals surface area contributed by atoms with Crippen LogP contribution in [0.5, 0.6) is 0 Å². The van der Waals surface area contributed by atoms with Crippen LogP contribution in [0.3, 0.4) is 0 Å². The van der Waals surface area contributed by atoms with Crippen molar-refractivity contribution in [2.24, 2.45) is 0 Å². The van der Waals surface area contributed by atoms with Gasteiger partial charge in [-0.15, -0.1) is 0 Å². The number of aromatic nitrogens is 3. The largest absolute Gasteiger partial charge is 0.466 e. The molecule has 6 heteroatoms. The Balaban J connectivity index is 2.27. The third-order valence-electron chi connectivity index (χ3n) is 2.73. The summed E-state index contributed by atoms with van der Waals surface area (Å²) in [5.41, 5.74) is 1.62. The maximum Gasteiger partial charge on any atom is 0.306 e. The molecule has 2 aromatic rings. The minimum absolute atomic E-state index is 0.160. The summed E-state index contributed by atoms with van der Waals surface area (Å²) in [6.07, 6.45) is 2.19. The number of aromatic amines is 1. The van der Waals surface area contributed by atoms with Crippen molar-refractivity contribution >= 4 is 11.6 Å². The average Bonchev–Trinajstić information content (AvgIpc) is 2.77. The molecule has 0 saturated heterocycles. The van der Waals surface area contributed by atoms with Gasteiger partial charge in [0.15, 0.2) is 5.65 Å². The Kier molecular flexibility index (Phi) is 3.45. The smallest absolute Gasteiger partial charge is 0.306 e. The van der Waals surface area contributed by atoms with Gasteiger partial charge in [-0.1, -0.05) is 0 Å². The Hall–Kier alpha value is -2.11. The van der Waals surface area contributed by atoms with Crippen molar-refractivity contribution in [1.82, 2.24) is 14.6 Å². The van der Waals surface area contributed by atoms with E-state index in [1.54, 1.807) is 26.1 Å². The monoisotopic (exact) mass is 249 g/mol. The van der Waals surface area contributed by atoms with Gasteiger partial charge in [-0.05, 0) is 20.3 Å². The molecule has 0 bridgehead atoms. The third kappa shape index (κ3) is 2.27. The van der Waals surface area contributed by atoms with Crippen molar-refractivity contribution < 1.29 is 9.53 Å². The number of carbonyl (C=O) groups is 1. The molecular formula is C12H15N3O3. The van der Waals surface area contributed by atoms with Crippen molar-refractivity contribution in [3.8, 4) is 0 Å². The molecule has 0 atom stereocenters. The highest BCUT2D eigenvalue weighted by molar-refractivity contribution is 5.69. The number of hydrogen-bond donors (Lipinski definition) is 1. The minimum atomic E-state index is -0.298. The lowest BCUT2D eigenvalue weighted by Gasteiger charge is -2.05. The van der Waals surface area contributed by atoms with Crippen LogP contribution in [0.25, 0.3) is 5.65 Å². The molecule has 1 N–H and O–H groups in total. The second-order valence-electron chi connectivity index (χ2n) is 3.94. The molecule has 0 aliphatic rings. The standard InChI is InChI=1S/C12H15N3O3/c1-3-18-11(16)5-4-9-8(2)14-10-6-7-13-15(10)12(9)17/h6-7,13H,3-5H2,1-2H3. The molecule has 6 nitrogen and oxygen atoms in total. The molecule has 18 heavy (non-hydrogen) atoms. The van der Waals surface area contributed by atoms with Crippen LogP contribution in [0, 0.1) is 6.92 Å². The van der Waals surface area contributed by atoms with Gasteiger partial charge in [0.05, 0.1) is 6.61 Å². The van der Waals surface area contributed by atoms with Gasteiger partial charge in [0.25, 0.3) is 5.56 Å². The van der Waals surface area contributed by atoms with Gasteiger partial charge in [0.1, 0.15) is 0 Å². The Labute approximate surface area is 104 Å². The summed E-state index contributed by atoms with van der Waals surface area (Å²) in [6, 6.07) is 1.73. The van der Waals surface area contributed by atoms with Crippen molar-refractivity contribution in [2.75, 3.05) is 6.61 Å². The van der Waals surface area contributed by atoms with Crippen LogP contribution >= 0.6 is 0 Å². The molecule has 2 aromatic heterocycles. The second kappa shape index (κ2) is 5.03. The predicted molar refractivity (Wildman–Crippen MR) is 65.5 cm³/mol. The van der Waals surface area contributed by atoms with Crippen LogP contribution in [0.4, 0.5) is 0 Å².